The van der Waals surface area contributed by atoms with Crippen LogP contribution in [-0.4, -0.2) is 7.11 Å². The van der Waals surface area contributed by atoms with E-state index in [-0.39, 0.29) is 6.07 Å². The molecule has 2 aromatic rings. The third kappa shape index (κ3) is 1.50. The first-order chi connectivity index (χ1) is 8.40. The molecule has 96 valence electrons. The second-order valence-corrected chi connectivity index (χ2v) is 3.38. The molecule has 0 saturated carbocycles. The third-order valence-electron chi connectivity index (χ3n) is 2.41. The molecule has 0 N–H and O–H groups in total. The molecule has 0 atom stereocenters. The maximum absolute atomic E-state index is 13.6. The van der Waals surface area contributed by atoms with Crippen LogP contribution in [0.4, 0.5) is 26.3 Å². The molecule has 0 saturated heterocycles. The van der Waals surface area contributed by atoms with Gasteiger partial charge in [-0.05, 0) is 0 Å². The molecule has 18 heavy (non-hydrogen) atoms. The second-order valence-electron chi connectivity index (χ2n) is 3.38. The summed E-state index contributed by atoms with van der Waals surface area (Å²) >= 11 is 0. The van der Waals surface area contributed by atoms with Crippen molar-refractivity contribution in [1.82, 2.24) is 0 Å². The maximum Gasteiger partial charge on any atom is 0.204 e. The molecular formula is C11H4F6O. The van der Waals surface area contributed by atoms with Gasteiger partial charge in [-0.25, -0.2) is 22.0 Å². The fourth-order valence-corrected chi connectivity index (χ4v) is 1.61. The summed E-state index contributed by atoms with van der Waals surface area (Å²) in [6, 6.07) is 0.00605. The summed E-state index contributed by atoms with van der Waals surface area (Å²) < 4.78 is 84.1. The SMILES string of the molecule is COc1c(F)c(F)c2c(F)cc(F)c(F)c2c1F. The van der Waals surface area contributed by atoms with Crippen molar-refractivity contribution in [2.45, 2.75) is 0 Å². The number of methoxy groups -OCH3 is 1. The zero-order chi connectivity index (χ0) is 13.6. The molecular weight excluding hydrogens is 262 g/mol. The van der Waals surface area contributed by atoms with Gasteiger partial charge < -0.3 is 4.74 Å². The van der Waals surface area contributed by atoms with Gasteiger partial charge in [-0.2, -0.15) is 4.39 Å². The quantitative estimate of drug-likeness (QED) is 0.565. The summed E-state index contributed by atoms with van der Waals surface area (Å²) in [7, 11) is 0.806. The number of ether oxygens (including phenoxy) is 1. The Morgan fingerprint density at radius 1 is 0.722 bits per heavy atom. The molecule has 0 aliphatic carbocycles. The van der Waals surface area contributed by atoms with Gasteiger partial charge in [0.2, 0.25) is 5.82 Å². The van der Waals surface area contributed by atoms with Crippen molar-refractivity contribution in [1.29, 1.82) is 0 Å². The van der Waals surface area contributed by atoms with Crippen molar-refractivity contribution in [3.8, 4) is 5.75 Å². The average molecular weight is 266 g/mol. The fourth-order valence-electron chi connectivity index (χ4n) is 1.61. The smallest absolute Gasteiger partial charge is 0.204 e. The largest absolute Gasteiger partial charge is 0.491 e. The predicted molar refractivity (Wildman–Crippen MR) is 50.2 cm³/mol. The Balaban J connectivity index is 3.12. The second kappa shape index (κ2) is 4.08. The molecule has 7 heteroatoms. The minimum atomic E-state index is -1.85. The first kappa shape index (κ1) is 12.5. The summed E-state index contributed by atoms with van der Waals surface area (Å²) in [6.07, 6.45) is 0. The van der Waals surface area contributed by atoms with E-state index >= 15 is 0 Å². The van der Waals surface area contributed by atoms with Gasteiger partial charge in [0.25, 0.3) is 0 Å². The van der Waals surface area contributed by atoms with Crippen molar-refractivity contribution >= 4 is 10.8 Å². The highest BCUT2D eigenvalue weighted by molar-refractivity contribution is 5.86. The zero-order valence-electron chi connectivity index (χ0n) is 8.75. The molecule has 0 aromatic heterocycles. The van der Waals surface area contributed by atoms with E-state index in [1.807, 2.05) is 0 Å². The highest BCUT2D eigenvalue weighted by atomic mass is 19.2. The molecule has 0 aliphatic heterocycles. The van der Waals surface area contributed by atoms with Crippen LogP contribution in [0.15, 0.2) is 6.07 Å². The molecule has 0 spiro atoms. The van der Waals surface area contributed by atoms with Gasteiger partial charge in [0.05, 0.1) is 17.9 Å². The van der Waals surface area contributed by atoms with Gasteiger partial charge in [-0.1, -0.05) is 0 Å². The van der Waals surface area contributed by atoms with E-state index in [1.54, 1.807) is 0 Å². The van der Waals surface area contributed by atoms with Gasteiger partial charge in [0.1, 0.15) is 5.82 Å². The summed E-state index contributed by atoms with van der Waals surface area (Å²) in [5, 5.41) is -2.63. The van der Waals surface area contributed by atoms with Crippen molar-refractivity contribution in [3.63, 3.8) is 0 Å². The highest BCUT2D eigenvalue weighted by Crippen LogP contribution is 2.36. The Kier molecular flexibility index (Phi) is 2.84. The number of hydrogen-bond donors (Lipinski definition) is 0. The first-order valence-corrected chi connectivity index (χ1v) is 4.57. The number of hydrogen-bond acceptors (Lipinski definition) is 1. The predicted octanol–water partition coefficient (Wildman–Crippen LogP) is 3.68. The molecule has 0 unspecified atom stereocenters. The van der Waals surface area contributed by atoms with Gasteiger partial charge in [0.15, 0.2) is 29.0 Å². The van der Waals surface area contributed by atoms with Crippen LogP contribution >= 0.6 is 0 Å². The fraction of sp³-hybridized carbons (Fsp3) is 0.0909. The van der Waals surface area contributed by atoms with Crippen molar-refractivity contribution in [2.75, 3.05) is 7.11 Å². The topological polar surface area (TPSA) is 9.23 Å². The van der Waals surface area contributed by atoms with E-state index in [4.69, 9.17) is 0 Å². The Morgan fingerprint density at radius 2 is 1.33 bits per heavy atom. The molecule has 1 nitrogen and oxygen atoms in total. The lowest BCUT2D eigenvalue weighted by Crippen LogP contribution is -2.03. The Bertz CT molecular complexity index is 652. The summed E-state index contributed by atoms with van der Waals surface area (Å²) in [5.41, 5.74) is 0. The maximum atomic E-state index is 13.6. The van der Waals surface area contributed by atoms with Crippen LogP contribution in [0.25, 0.3) is 10.8 Å². The minimum absolute atomic E-state index is 0.00605. The number of rotatable bonds is 1. The summed E-state index contributed by atoms with van der Waals surface area (Å²) in [5.74, 6) is -11.8. The lowest BCUT2D eigenvalue weighted by Gasteiger charge is -2.10. The number of benzene rings is 2. The average Bonchev–Trinajstić information content (AvgIpc) is 2.31. The lowest BCUT2D eigenvalue weighted by molar-refractivity contribution is 0.349. The van der Waals surface area contributed by atoms with Crippen LogP contribution in [0, 0.1) is 34.9 Å². The van der Waals surface area contributed by atoms with Crippen LogP contribution in [0.3, 0.4) is 0 Å². The van der Waals surface area contributed by atoms with Crippen LogP contribution in [0.5, 0.6) is 5.75 Å². The lowest BCUT2D eigenvalue weighted by atomic mass is 10.1. The summed E-state index contributed by atoms with van der Waals surface area (Å²) in [6.45, 7) is 0. The first-order valence-electron chi connectivity index (χ1n) is 4.57. The molecule has 0 amide bonds. The van der Waals surface area contributed by atoms with Crippen LogP contribution < -0.4 is 4.74 Å². The van der Waals surface area contributed by atoms with E-state index in [1.165, 1.54) is 0 Å². The van der Waals surface area contributed by atoms with E-state index in [0.29, 0.717) is 0 Å². The molecule has 2 rings (SSSR count). The van der Waals surface area contributed by atoms with Gasteiger partial charge in [-0.3, -0.25) is 0 Å². The number of fused-ring (bicyclic) bond motifs is 1. The Hall–Kier alpha value is -1.92. The van der Waals surface area contributed by atoms with Gasteiger partial charge >= 0.3 is 0 Å². The van der Waals surface area contributed by atoms with E-state index < -0.39 is 51.4 Å². The van der Waals surface area contributed by atoms with Crippen molar-refractivity contribution < 1.29 is 31.1 Å². The van der Waals surface area contributed by atoms with Gasteiger partial charge in [0, 0.05) is 6.07 Å². The molecule has 0 radical (unpaired) electrons. The van der Waals surface area contributed by atoms with E-state index in [2.05, 4.69) is 4.74 Å². The molecule has 0 fully saturated rings. The molecule has 0 aliphatic rings. The van der Waals surface area contributed by atoms with Crippen molar-refractivity contribution in [3.05, 3.63) is 41.0 Å². The Labute approximate surface area is 96.6 Å². The van der Waals surface area contributed by atoms with Crippen LogP contribution in [-0.2, 0) is 0 Å². The standard InChI is InChI=1S/C11H4F6O/c1-18-11-9(16)6-5(8(15)10(11)17)3(12)2-4(13)7(6)14/h2H,1H3. The van der Waals surface area contributed by atoms with Gasteiger partial charge in [-0.15, -0.1) is 0 Å². The van der Waals surface area contributed by atoms with Crippen LogP contribution in [0.2, 0.25) is 0 Å². The van der Waals surface area contributed by atoms with Crippen molar-refractivity contribution in [2.24, 2.45) is 0 Å². The minimum Gasteiger partial charge on any atom is -0.491 e. The van der Waals surface area contributed by atoms with Crippen LogP contribution in [0.1, 0.15) is 0 Å². The summed E-state index contributed by atoms with van der Waals surface area (Å²) in [4.78, 5) is 0. The third-order valence-corrected chi connectivity index (χ3v) is 2.41. The monoisotopic (exact) mass is 266 g/mol. The normalized spacial score (nSPS) is 11.1. The molecule has 0 bridgehead atoms. The van der Waals surface area contributed by atoms with E-state index in [0.717, 1.165) is 7.11 Å². The number of halogens is 6. The molecule has 2 aromatic carbocycles. The van der Waals surface area contributed by atoms with E-state index in [9.17, 15) is 26.3 Å². The highest BCUT2D eigenvalue weighted by Gasteiger charge is 2.27. The molecule has 0 heterocycles. The Morgan fingerprint density at radius 3 is 1.89 bits per heavy atom. The zero-order valence-corrected chi connectivity index (χ0v) is 8.75.